The lowest BCUT2D eigenvalue weighted by molar-refractivity contribution is 0.272. The molecular weight excluding hydrogens is 268 g/mol. The molecule has 0 aliphatic rings. The minimum Gasteiger partial charge on any atom is -0.493 e. The van der Waals surface area contributed by atoms with Gasteiger partial charge in [0.15, 0.2) is 17.3 Å². The van der Waals surface area contributed by atoms with Gasteiger partial charge < -0.3 is 19.4 Å². The van der Waals surface area contributed by atoms with Crippen LogP contribution in [0.2, 0.25) is 0 Å². The molecule has 1 aromatic carbocycles. The van der Waals surface area contributed by atoms with Gasteiger partial charge in [-0.15, -0.1) is 10.2 Å². The van der Waals surface area contributed by atoms with Crippen LogP contribution in [0.5, 0.6) is 11.5 Å². The highest BCUT2D eigenvalue weighted by molar-refractivity contribution is 5.43. The van der Waals surface area contributed by atoms with E-state index in [9.17, 15) is 0 Å². The molecular formula is C15H22N4O2. The summed E-state index contributed by atoms with van der Waals surface area (Å²) < 4.78 is 13.1. The van der Waals surface area contributed by atoms with Gasteiger partial charge in [-0.1, -0.05) is 13.0 Å². The van der Waals surface area contributed by atoms with Crippen molar-refractivity contribution < 1.29 is 9.47 Å². The van der Waals surface area contributed by atoms with Crippen LogP contribution in [0.15, 0.2) is 18.2 Å². The molecule has 2 rings (SSSR count). The quantitative estimate of drug-likeness (QED) is 0.843. The van der Waals surface area contributed by atoms with Crippen LogP contribution in [0, 0.1) is 6.92 Å². The zero-order chi connectivity index (χ0) is 15.2. The first-order valence-corrected chi connectivity index (χ1v) is 7.01. The number of hydrogen-bond donors (Lipinski definition) is 1. The minimum atomic E-state index is 0.359. The van der Waals surface area contributed by atoms with E-state index in [0.29, 0.717) is 18.1 Å². The van der Waals surface area contributed by atoms with Crippen LogP contribution in [-0.4, -0.2) is 28.4 Å². The van der Waals surface area contributed by atoms with Crippen molar-refractivity contribution in [2.24, 2.45) is 7.05 Å². The zero-order valence-corrected chi connectivity index (χ0v) is 13.0. The van der Waals surface area contributed by atoms with Crippen molar-refractivity contribution in [1.82, 2.24) is 20.1 Å². The van der Waals surface area contributed by atoms with Gasteiger partial charge in [0.25, 0.3) is 0 Å². The second kappa shape index (κ2) is 7.08. The number of benzene rings is 1. The van der Waals surface area contributed by atoms with Crippen molar-refractivity contribution >= 4 is 0 Å². The van der Waals surface area contributed by atoms with Gasteiger partial charge in [0, 0.05) is 13.6 Å². The Balaban J connectivity index is 2.11. The number of aryl methyl sites for hydroxylation is 1. The van der Waals surface area contributed by atoms with Gasteiger partial charge in [0.2, 0.25) is 0 Å². The van der Waals surface area contributed by atoms with E-state index in [1.807, 2.05) is 36.7 Å². The van der Waals surface area contributed by atoms with Crippen LogP contribution in [0.3, 0.4) is 0 Å². The first-order valence-electron chi connectivity index (χ1n) is 7.01. The molecule has 0 aliphatic heterocycles. The Hall–Kier alpha value is -2.08. The molecule has 2 aromatic rings. The lowest BCUT2D eigenvalue weighted by Gasteiger charge is -2.12. The summed E-state index contributed by atoms with van der Waals surface area (Å²) >= 11 is 0. The number of rotatable bonds is 7. The molecule has 1 N–H and O–H groups in total. The molecule has 114 valence electrons. The van der Waals surface area contributed by atoms with Gasteiger partial charge in [-0.2, -0.15) is 0 Å². The van der Waals surface area contributed by atoms with E-state index in [-0.39, 0.29) is 0 Å². The van der Waals surface area contributed by atoms with Crippen LogP contribution >= 0.6 is 0 Å². The fourth-order valence-electron chi connectivity index (χ4n) is 1.93. The van der Waals surface area contributed by atoms with Crippen LogP contribution in [0.4, 0.5) is 0 Å². The van der Waals surface area contributed by atoms with Gasteiger partial charge in [-0.05, 0) is 31.2 Å². The van der Waals surface area contributed by atoms with E-state index >= 15 is 0 Å². The largest absolute Gasteiger partial charge is 0.493 e. The molecule has 0 spiro atoms. The monoisotopic (exact) mass is 290 g/mol. The molecule has 21 heavy (non-hydrogen) atoms. The molecule has 0 atom stereocenters. The van der Waals surface area contributed by atoms with Crippen molar-refractivity contribution in [3.05, 3.63) is 35.4 Å². The minimum absolute atomic E-state index is 0.359. The average Bonchev–Trinajstić information content (AvgIpc) is 2.82. The fraction of sp³-hybridized carbons (Fsp3) is 0.467. The summed E-state index contributed by atoms with van der Waals surface area (Å²) in [6.07, 6.45) is 0. The van der Waals surface area contributed by atoms with E-state index in [0.717, 1.165) is 30.3 Å². The summed E-state index contributed by atoms with van der Waals surface area (Å²) in [7, 11) is 3.56. The lowest BCUT2D eigenvalue weighted by atomic mass is 10.2. The van der Waals surface area contributed by atoms with Crippen LogP contribution in [-0.2, 0) is 20.2 Å². The van der Waals surface area contributed by atoms with E-state index in [1.54, 1.807) is 7.11 Å². The molecule has 0 radical (unpaired) electrons. The number of aromatic nitrogens is 3. The van der Waals surface area contributed by atoms with Gasteiger partial charge in [0.1, 0.15) is 12.4 Å². The lowest BCUT2D eigenvalue weighted by Crippen LogP contribution is -2.12. The van der Waals surface area contributed by atoms with Crippen molar-refractivity contribution in [1.29, 1.82) is 0 Å². The third kappa shape index (κ3) is 3.72. The number of hydrogen-bond acceptors (Lipinski definition) is 5. The van der Waals surface area contributed by atoms with Gasteiger partial charge in [-0.25, -0.2) is 0 Å². The summed E-state index contributed by atoms with van der Waals surface area (Å²) in [4.78, 5) is 0. The third-order valence-corrected chi connectivity index (χ3v) is 3.35. The number of nitrogens with zero attached hydrogens (tertiary/aromatic N) is 3. The predicted molar refractivity (Wildman–Crippen MR) is 80.4 cm³/mol. The Labute approximate surface area is 125 Å². The van der Waals surface area contributed by atoms with E-state index in [2.05, 4.69) is 22.4 Å². The van der Waals surface area contributed by atoms with Crippen LogP contribution in [0.25, 0.3) is 0 Å². The Bertz CT molecular complexity index is 595. The third-order valence-electron chi connectivity index (χ3n) is 3.35. The Kier molecular flexibility index (Phi) is 5.16. The van der Waals surface area contributed by atoms with Crippen molar-refractivity contribution in [2.45, 2.75) is 27.0 Å². The maximum Gasteiger partial charge on any atom is 0.170 e. The second-order valence-electron chi connectivity index (χ2n) is 4.78. The molecule has 6 heteroatoms. The van der Waals surface area contributed by atoms with Crippen molar-refractivity contribution in [2.75, 3.05) is 13.7 Å². The SMILES string of the molecule is CCNCc1ccc(OC)c(OCc2nnc(C)n2C)c1. The summed E-state index contributed by atoms with van der Waals surface area (Å²) in [6, 6.07) is 5.94. The Morgan fingerprint density at radius 3 is 2.67 bits per heavy atom. The summed E-state index contributed by atoms with van der Waals surface area (Å²) in [5.41, 5.74) is 1.15. The highest BCUT2D eigenvalue weighted by Crippen LogP contribution is 2.28. The first-order chi connectivity index (χ1) is 10.2. The summed E-state index contributed by atoms with van der Waals surface area (Å²) in [5, 5.41) is 11.4. The molecule has 0 unspecified atom stereocenters. The maximum atomic E-state index is 5.85. The normalized spacial score (nSPS) is 10.7. The average molecular weight is 290 g/mol. The van der Waals surface area contributed by atoms with E-state index in [1.165, 1.54) is 0 Å². The van der Waals surface area contributed by atoms with Crippen LogP contribution in [0.1, 0.15) is 24.1 Å². The molecule has 0 aliphatic carbocycles. The summed E-state index contributed by atoms with van der Waals surface area (Å²) in [5.74, 6) is 3.08. The maximum absolute atomic E-state index is 5.85. The van der Waals surface area contributed by atoms with Gasteiger partial charge in [-0.3, -0.25) is 0 Å². The predicted octanol–water partition coefficient (Wildman–Crippen LogP) is 1.82. The molecule has 0 bridgehead atoms. The van der Waals surface area contributed by atoms with E-state index < -0.39 is 0 Å². The Morgan fingerprint density at radius 2 is 2.05 bits per heavy atom. The molecule has 0 saturated carbocycles. The molecule has 1 heterocycles. The molecule has 1 aromatic heterocycles. The Morgan fingerprint density at radius 1 is 1.24 bits per heavy atom. The van der Waals surface area contributed by atoms with Crippen LogP contribution < -0.4 is 14.8 Å². The van der Waals surface area contributed by atoms with Gasteiger partial charge >= 0.3 is 0 Å². The highest BCUT2D eigenvalue weighted by Gasteiger charge is 2.09. The van der Waals surface area contributed by atoms with Crippen molar-refractivity contribution in [3.8, 4) is 11.5 Å². The van der Waals surface area contributed by atoms with E-state index in [4.69, 9.17) is 9.47 Å². The van der Waals surface area contributed by atoms with Crippen molar-refractivity contribution in [3.63, 3.8) is 0 Å². The number of methoxy groups -OCH3 is 1. The number of ether oxygens (including phenoxy) is 2. The zero-order valence-electron chi connectivity index (χ0n) is 13.0. The van der Waals surface area contributed by atoms with Gasteiger partial charge in [0.05, 0.1) is 7.11 Å². The standard InChI is InChI=1S/C15H22N4O2/c1-5-16-9-12-6-7-13(20-4)14(8-12)21-10-15-18-17-11(2)19(15)3/h6-8,16H,5,9-10H2,1-4H3. The second-order valence-corrected chi connectivity index (χ2v) is 4.78. The first kappa shape index (κ1) is 15.3. The smallest absolute Gasteiger partial charge is 0.170 e. The highest BCUT2D eigenvalue weighted by atomic mass is 16.5. The number of nitrogens with one attached hydrogen (secondary N) is 1. The topological polar surface area (TPSA) is 61.2 Å². The molecule has 0 amide bonds. The molecule has 0 saturated heterocycles. The summed E-state index contributed by atoms with van der Waals surface area (Å²) in [6.45, 7) is 6.09. The fourth-order valence-corrected chi connectivity index (χ4v) is 1.93. The molecule has 6 nitrogen and oxygen atoms in total. The molecule has 0 fully saturated rings.